The number of primary amides is 1. The minimum Gasteiger partial charge on any atom is -0.445 e. The highest BCUT2D eigenvalue weighted by Crippen LogP contribution is 2.34. The highest BCUT2D eigenvalue weighted by Gasteiger charge is 2.45. The predicted octanol–water partition coefficient (Wildman–Crippen LogP) is 2.45. The Balaban J connectivity index is 1.56. The molecule has 4 rings (SSSR count). The van der Waals surface area contributed by atoms with Gasteiger partial charge >= 0.3 is 6.09 Å². The van der Waals surface area contributed by atoms with E-state index in [1.165, 1.54) is 0 Å². The van der Waals surface area contributed by atoms with Gasteiger partial charge in [-0.05, 0) is 36.0 Å². The van der Waals surface area contributed by atoms with Crippen molar-refractivity contribution >= 4 is 34.7 Å². The van der Waals surface area contributed by atoms with Gasteiger partial charge in [0.25, 0.3) is 0 Å². The summed E-state index contributed by atoms with van der Waals surface area (Å²) in [5.74, 6) is -1.93. The highest BCUT2D eigenvalue weighted by molar-refractivity contribution is 5.97. The Morgan fingerprint density at radius 1 is 1.08 bits per heavy atom. The van der Waals surface area contributed by atoms with Crippen LogP contribution in [-0.4, -0.2) is 46.9 Å². The average molecular weight is 534 g/mol. The van der Waals surface area contributed by atoms with Crippen LogP contribution in [0.4, 0.5) is 4.79 Å². The van der Waals surface area contributed by atoms with Crippen molar-refractivity contribution in [1.82, 2.24) is 20.9 Å². The van der Waals surface area contributed by atoms with Crippen LogP contribution >= 0.6 is 0 Å². The van der Waals surface area contributed by atoms with Crippen molar-refractivity contribution in [1.29, 1.82) is 0 Å². The molecule has 39 heavy (non-hydrogen) atoms. The molecule has 10 nitrogen and oxygen atoms in total. The Kier molecular flexibility index (Phi) is 8.53. The monoisotopic (exact) mass is 533 g/mol. The third-order valence-electron chi connectivity index (χ3n) is 7.38. The smallest absolute Gasteiger partial charge is 0.408 e. The lowest BCUT2D eigenvalue weighted by Gasteiger charge is -2.38. The molecule has 0 bridgehead atoms. The summed E-state index contributed by atoms with van der Waals surface area (Å²) in [7, 11) is 0. The number of hydrogen-bond acceptors (Lipinski definition) is 5. The van der Waals surface area contributed by atoms with E-state index in [0.29, 0.717) is 19.3 Å². The summed E-state index contributed by atoms with van der Waals surface area (Å²) in [6, 6.07) is 16.1. The molecule has 206 valence electrons. The zero-order valence-corrected chi connectivity index (χ0v) is 22.2. The van der Waals surface area contributed by atoms with Gasteiger partial charge in [0.15, 0.2) is 0 Å². The van der Waals surface area contributed by atoms with E-state index in [2.05, 4.69) is 20.9 Å². The van der Waals surface area contributed by atoms with Crippen LogP contribution < -0.4 is 21.7 Å². The number of ether oxygens (including phenoxy) is 1. The fourth-order valence-electron chi connectivity index (χ4n) is 5.00. The SMILES string of the molecule is CC[C@H](C)[C@H](NC(=O)OCc1ccccc1)C(=O)N[C@@]1(C(=O)NCC(N)=O)CCc2[nH]c3ccccc3c2C1. The van der Waals surface area contributed by atoms with Gasteiger partial charge in [0, 0.05) is 23.0 Å². The van der Waals surface area contributed by atoms with Crippen molar-refractivity contribution in [2.75, 3.05) is 6.54 Å². The third-order valence-corrected chi connectivity index (χ3v) is 7.38. The maximum atomic E-state index is 13.7. The maximum Gasteiger partial charge on any atom is 0.408 e. The van der Waals surface area contributed by atoms with E-state index in [1.807, 2.05) is 68.4 Å². The number of hydrogen-bond donors (Lipinski definition) is 5. The second kappa shape index (κ2) is 12.0. The largest absolute Gasteiger partial charge is 0.445 e. The summed E-state index contributed by atoms with van der Waals surface area (Å²) in [6.07, 6.45) is 0.900. The molecule has 2 aromatic carbocycles. The molecule has 0 saturated heterocycles. The molecule has 0 spiro atoms. The van der Waals surface area contributed by atoms with Crippen molar-refractivity contribution < 1.29 is 23.9 Å². The number of H-pyrrole nitrogens is 1. The number of aromatic nitrogens is 1. The van der Waals surface area contributed by atoms with Crippen LogP contribution in [0, 0.1) is 5.92 Å². The second-order valence-electron chi connectivity index (χ2n) is 10.1. The van der Waals surface area contributed by atoms with Crippen molar-refractivity contribution in [2.45, 2.75) is 57.7 Å². The predicted molar refractivity (Wildman–Crippen MR) is 146 cm³/mol. The van der Waals surface area contributed by atoms with Crippen molar-refractivity contribution in [3.05, 3.63) is 71.4 Å². The molecule has 1 aliphatic carbocycles. The number of alkyl carbamates (subject to hydrolysis) is 1. The third kappa shape index (κ3) is 6.39. The number of nitrogens with two attached hydrogens (primary N) is 1. The van der Waals surface area contributed by atoms with Crippen LogP contribution in [0.5, 0.6) is 0 Å². The molecule has 3 aromatic rings. The lowest BCUT2D eigenvalue weighted by Crippen LogP contribution is -2.65. The van der Waals surface area contributed by atoms with Crippen molar-refractivity contribution in [2.24, 2.45) is 11.7 Å². The van der Waals surface area contributed by atoms with Gasteiger partial charge in [-0.25, -0.2) is 4.79 Å². The average Bonchev–Trinajstić information content (AvgIpc) is 3.31. The molecule has 6 N–H and O–H groups in total. The van der Waals surface area contributed by atoms with Gasteiger partial charge in [0.1, 0.15) is 18.2 Å². The minimum atomic E-state index is -1.34. The van der Waals surface area contributed by atoms with E-state index in [-0.39, 0.29) is 25.5 Å². The molecule has 0 fully saturated rings. The van der Waals surface area contributed by atoms with E-state index in [4.69, 9.17) is 10.5 Å². The first kappa shape index (κ1) is 27.7. The molecule has 10 heteroatoms. The molecule has 1 aliphatic rings. The van der Waals surface area contributed by atoms with E-state index < -0.39 is 35.4 Å². The maximum absolute atomic E-state index is 13.7. The van der Waals surface area contributed by atoms with Crippen LogP contribution in [0.2, 0.25) is 0 Å². The molecule has 3 atom stereocenters. The molecule has 0 unspecified atom stereocenters. The zero-order chi connectivity index (χ0) is 28.0. The highest BCUT2D eigenvalue weighted by atomic mass is 16.5. The van der Waals surface area contributed by atoms with Crippen LogP contribution in [0.15, 0.2) is 54.6 Å². The number of amides is 4. The van der Waals surface area contributed by atoms with Gasteiger partial charge in [0.05, 0.1) is 6.54 Å². The van der Waals surface area contributed by atoms with Gasteiger partial charge in [-0.3, -0.25) is 14.4 Å². The Labute approximate surface area is 227 Å². The van der Waals surface area contributed by atoms with Gasteiger partial charge < -0.3 is 31.4 Å². The molecule has 1 heterocycles. The van der Waals surface area contributed by atoms with Gasteiger partial charge in [0.2, 0.25) is 17.7 Å². The van der Waals surface area contributed by atoms with E-state index >= 15 is 0 Å². The number of carbonyl (C=O) groups excluding carboxylic acids is 4. The lowest BCUT2D eigenvalue weighted by atomic mass is 9.78. The summed E-state index contributed by atoms with van der Waals surface area (Å²) in [6.45, 7) is 3.47. The number of rotatable bonds is 10. The molecular formula is C29H35N5O5. The number of benzene rings is 2. The Hall–Kier alpha value is -4.34. The number of aromatic amines is 1. The van der Waals surface area contributed by atoms with E-state index in [1.54, 1.807) is 0 Å². The summed E-state index contributed by atoms with van der Waals surface area (Å²) in [5, 5.41) is 9.20. The van der Waals surface area contributed by atoms with Gasteiger partial charge in [-0.15, -0.1) is 0 Å². The zero-order valence-electron chi connectivity index (χ0n) is 22.2. The summed E-state index contributed by atoms with van der Waals surface area (Å²) < 4.78 is 5.35. The first-order chi connectivity index (χ1) is 18.7. The topological polar surface area (TPSA) is 155 Å². The first-order valence-corrected chi connectivity index (χ1v) is 13.2. The fourth-order valence-corrected chi connectivity index (χ4v) is 5.00. The molecule has 0 radical (unpaired) electrons. The quantitative estimate of drug-likeness (QED) is 0.271. The lowest BCUT2D eigenvalue weighted by molar-refractivity contribution is -0.136. The standard InChI is InChI=1S/C29H35N5O5/c1-3-18(2)25(33-28(38)39-17-19-9-5-4-6-10-19)26(36)34-29(27(37)31-16-24(30)35)14-13-23-21(15-29)20-11-7-8-12-22(20)32-23/h4-12,18,25,32H,3,13-17H2,1-2H3,(H2,30,35)(H,31,37)(H,33,38)(H,34,36)/t18-,25-,29-/m0/s1. The minimum absolute atomic E-state index is 0.0598. The van der Waals surface area contributed by atoms with Gasteiger partial charge in [-0.2, -0.15) is 0 Å². The van der Waals surface area contributed by atoms with E-state index in [9.17, 15) is 19.2 Å². The van der Waals surface area contributed by atoms with Crippen LogP contribution in [0.3, 0.4) is 0 Å². The number of nitrogens with one attached hydrogen (secondary N) is 4. The normalized spacial score (nSPS) is 17.9. The van der Waals surface area contributed by atoms with Gasteiger partial charge in [-0.1, -0.05) is 68.8 Å². The summed E-state index contributed by atoms with van der Waals surface area (Å²) >= 11 is 0. The molecule has 1 aromatic heterocycles. The van der Waals surface area contributed by atoms with Crippen molar-refractivity contribution in [3.63, 3.8) is 0 Å². The van der Waals surface area contributed by atoms with Crippen LogP contribution in [0.1, 0.15) is 43.5 Å². The Morgan fingerprint density at radius 2 is 1.79 bits per heavy atom. The van der Waals surface area contributed by atoms with Crippen LogP contribution in [-0.2, 0) is 38.6 Å². The summed E-state index contributed by atoms with van der Waals surface area (Å²) in [5.41, 5.74) is 7.63. The molecule has 0 saturated carbocycles. The molecular weight excluding hydrogens is 498 g/mol. The summed E-state index contributed by atoms with van der Waals surface area (Å²) in [4.78, 5) is 54.7. The fraction of sp³-hybridized carbons (Fsp3) is 0.379. The molecule has 0 aliphatic heterocycles. The Bertz CT molecular complexity index is 1350. The first-order valence-electron chi connectivity index (χ1n) is 13.2. The second-order valence-corrected chi connectivity index (χ2v) is 10.1. The number of carbonyl (C=O) groups is 4. The number of aryl methyl sites for hydroxylation is 1. The number of fused-ring (bicyclic) bond motifs is 3. The number of para-hydroxylation sites is 1. The molecule has 4 amide bonds. The van der Waals surface area contributed by atoms with Crippen LogP contribution in [0.25, 0.3) is 10.9 Å². The Morgan fingerprint density at radius 3 is 2.51 bits per heavy atom. The van der Waals surface area contributed by atoms with Crippen molar-refractivity contribution in [3.8, 4) is 0 Å². The van der Waals surface area contributed by atoms with E-state index in [0.717, 1.165) is 27.7 Å².